The molecule has 0 fully saturated rings. The molecule has 1 N–H and O–H groups in total. The predicted molar refractivity (Wildman–Crippen MR) is 67.0 cm³/mol. The minimum atomic E-state index is -0.310. The first kappa shape index (κ1) is 12.0. The third-order valence-electron chi connectivity index (χ3n) is 2.59. The Morgan fingerprint density at radius 1 is 1.39 bits per heavy atom. The number of ether oxygens (including phenoxy) is 2. The summed E-state index contributed by atoms with van der Waals surface area (Å²) in [5, 5.41) is 9.24. The molecule has 1 heterocycles. The fourth-order valence-corrected chi connectivity index (χ4v) is 1.74. The van der Waals surface area contributed by atoms with Crippen molar-refractivity contribution in [3.63, 3.8) is 0 Å². The molecule has 0 aliphatic carbocycles. The Balaban J connectivity index is 2.77. The van der Waals surface area contributed by atoms with Crippen LogP contribution in [0.2, 0.25) is 0 Å². The van der Waals surface area contributed by atoms with Gasteiger partial charge in [0.1, 0.15) is 11.6 Å². The first-order valence-corrected chi connectivity index (χ1v) is 5.47. The molecule has 0 bridgehead atoms. The Bertz CT molecular complexity index is 683. The number of methoxy groups -OCH3 is 1. The second-order valence-corrected chi connectivity index (χ2v) is 3.62. The molecule has 1 aromatic carbocycles. The van der Waals surface area contributed by atoms with Gasteiger partial charge in [0.15, 0.2) is 11.5 Å². The first-order valence-electron chi connectivity index (χ1n) is 5.47. The zero-order chi connectivity index (χ0) is 13.1. The van der Waals surface area contributed by atoms with Crippen LogP contribution in [0.4, 0.5) is 0 Å². The van der Waals surface area contributed by atoms with Crippen LogP contribution in [0.3, 0.4) is 0 Å². The summed E-state index contributed by atoms with van der Waals surface area (Å²) in [6.07, 6.45) is 1.39. The molecule has 0 radical (unpaired) electrons. The van der Waals surface area contributed by atoms with Crippen LogP contribution in [0.5, 0.6) is 11.5 Å². The van der Waals surface area contributed by atoms with Crippen molar-refractivity contribution in [2.75, 3.05) is 13.7 Å². The number of rotatable bonds is 3. The molecule has 0 saturated heterocycles. The van der Waals surface area contributed by atoms with Crippen molar-refractivity contribution in [2.24, 2.45) is 0 Å². The second kappa shape index (κ2) is 4.80. The van der Waals surface area contributed by atoms with Gasteiger partial charge in [-0.1, -0.05) is 0 Å². The SMILES string of the molecule is CCOc1cc2c(=O)c(C#N)c[nH]c2cc1OC. The van der Waals surface area contributed by atoms with Gasteiger partial charge in [-0.25, -0.2) is 0 Å². The van der Waals surface area contributed by atoms with Crippen LogP contribution in [-0.4, -0.2) is 18.7 Å². The highest BCUT2D eigenvalue weighted by Gasteiger charge is 2.11. The Hall–Kier alpha value is -2.48. The van der Waals surface area contributed by atoms with Gasteiger partial charge >= 0.3 is 0 Å². The molecule has 0 aliphatic heterocycles. The number of aromatic nitrogens is 1. The van der Waals surface area contributed by atoms with Gasteiger partial charge in [-0.15, -0.1) is 0 Å². The van der Waals surface area contributed by atoms with E-state index in [-0.39, 0.29) is 11.0 Å². The van der Waals surface area contributed by atoms with Gasteiger partial charge in [-0.2, -0.15) is 5.26 Å². The molecular formula is C13H12N2O3. The number of nitrogens with zero attached hydrogens (tertiary/aromatic N) is 1. The fourth-order valence-electron chi connectivity index (χ4n) is 1.74. The zero-order valence-electron chi connectivity index (χ0n) is 10.1. The number of pyridine rings is 1. The maximum atomic E-state index is 12.0. The van der Waals surface area contributed by atoms with Crippen LogP contribution in [0.15, 0.2) is 23.1 Å². The molecule has 0 unspecified atom stereocenters. The lowest BCUT2D eigenvalue weighted by molar-refractivity contribution is 0.311. The van der Waals surface area contributed by atoms with Crippen LogP contribution >= 0.6 is 0 Å². The highest BCUT2D eigenvalue weighted by Crippen LogP contribution is 2.30. The van der Waals surface area contributed by atoms with Crippen molar-refractivity contribution < 1.29 is 9.47 Å². The van der Waals surface area contributed by atoms with Gasteiger partial charge in [0.2, 0.25) is 5.43 Å². The number of nitrogens with one attached hydrogen (secondary N) is 1. The van der Waals surface area contributed by atoms with Gasteiger partial charge in [-0.3, -0.25) is 4.79 Å². The van der Waals surface area contributed by atoms with E-state index in [9.17, 15) is 4.79 Å². The van der Waals surface area contributed by atoms with Gasteiger partial charge < -0.3 is 14.5 Å². The van der Waals surface area contributed by atoms with E-state index in [1.165, 1.54) is 13.3 Å². The van der Waals surface area contributed by atoms with Crippen LogP contribution in [0, 0.1) is 11.3 Å². The Labute approximate surface area is 104 Å². The van der Waals surface area contributed by atoms with E-state index < -0.39 is 0 Å². The molecule has 0 saturated carbocycles. The Kier molecular flexibility index (Phi) is 3.20. The third-order valence-corrected chi connectivity index (χ3v) is 2.59. The molecule has 0 atom stereocenters. The second-order valence-electron chi connectivity index (χ2n) is 3.62. The molecule has 5 heteroatoms. The zero-order valence-corrected chi connectivity index (χ0v) is 10.1. The summed E-state index contributed by atoms with van der Waals surface area (Å²) in [6, 6.07) is 5.13. The molecule has 5 nitrogen and oxygen atoms in total. The van der Waals surface area contributed by atoms with E-state index in [1.807, 2.05) is 13.0 Å². The lowest BCUT2D eigenvalue weighted by Crippen LogP contribution is -2.08. The summed E-state index contributed by atoms with van der Waals surface area (Å²) in [5.74, 6) is 1.04. The van der Waals surface area contributed by atoms with Crippen LogP contribution in [0.25, 0.3) is 10.9 Å². The van der Waals surface area contributed by atoms with Crippen molar-refractivity contribution in [1.82, 2.24) is 4.98 Å². The van der Waals surface area contributed by atoms with E-state index in [0.717, 1.165) is 0 Å². The average molecular weight is 244 g/mol. The maximum Gasteiger partial charge on any atom is 0.207 e. The molecule has 2 aromatic rings. The van der Waals surface area contributed by atoms with Gasteiger partial charge in [0.25, 0.3) is 0 Å². The van der Waals surface area contributed by atoms with Crippen molar-refractivity contribution in [1.29, 1.82) is 5.26 Å². The van der Waals surface area contributed by atoms with Crippen molar-refractivity contribution in [3.8, 4) is 17.6 Å². The van der Waals surface area contributed by atoms with Crippen LogP contribution in [0.1, 0.15) is 12.5 Å². The molecule has 1 aromatic heterocycles. The van der Waals surface area contributed by atoms with E-state index in [0.29, 0.717) is 29.0 Å². The molecule has 2 rings (SSSR count). The smallest absolute Gasteiger partial charge is 0.207 e. The maximum absolute atomic E-state index is 12.0. The Morgan fingerprint density at radius 2 is 2.17 bits per heavy atom. The Morgan fingerprint density at radius 3 is 2.78 bits per heavy atom. The fraction of sp³-hybridized carbons (Fsp3) is 0.231. The topological polar surface area (TPSA) is 75.1 Å². The molecule has 0 spiro atoms. The molecule has 0 amide bonds. The van der Waals surface area contributed by atoms with Gasteiger partial charge in [-0.05, 0) is 13.0 Å². The number of H-pyrrole nitrogens is 1. The normalized spacial score (nSPS) is 10.1. The summed E-state index contributed by atoms with van der Waals surface area (Å²) in [6.45, 7) is 2.32. The van der Waals surface area contributed by atoms with Crippen LogP contribution < -0.4 is 14.9 Å². The minimum absolute atomic E-state index is 0.0788. The van der Waals surface area contributed by atoms with E-state index in [4.69, 9.17) is 14.7 Å². The number of hydrogen-bond donors (Lipinski definition) is 1. The molecular weight excluding hydrogens is 232 g/mol. The summed E-state index contributed by atoms with van der Waals surface area (Å²) in [7, 11) is 1.53. The van der Waals surface area contributed by atoms with Crippen LogP contribution in [-0.2, 0) is 0 Å². The third kappa shape index (κ3) is 1.89. The summed E-state index contributed by atoms with van der Waals surface area (Å²) < 4.78 is 10.6. The molecule has 0 aliphatic rings. The number of hydrogen-bond acceptors (Lipinski definition) is 4. The van der Waals surface area contributed by atoms with Crippen molar-refractivity contribution >= 4 is 10.9 Å². The quantitative estimate of drug-likeness (QED) is 0.893. The molecule has 18 heavy (non-hydrogen) atoms. The van der Waals surface area contributed by atoms with Gasteiger partial charge in [0, 0.05) is 12.3 Å². The summed E-state index contributed by atoms with van der Waals surface area (Å²) in [5.41, 5.74) is 0.379. The summed E-state index contributed by atoms with van der Waals surface area (Å²) in [4.78, 5) is 14.9. The summed E-state index contributed by atoms with van der Waals surface area (Å²) >= 11 is 0. The first-order chi connectivity index (χ1) is 8.71. The predicted octanol–water partition coefficient (Wildman–Crippen LogP) is 1.81. The van der Waals surface area contributed by atoms with Gasteiger partial charge in [0.05, 0.1) is 24.6 Å². The number of fused-ring (bicyclic) bond motifs is 1. The molecule has 92 valence electrons. The largest absolute Gasteiger partial charge is 0.493 e. The lowest BCUT2D eigenvalue weighted by atomic mass is 10.1. The van der Waals surface area contributed by atoms with E-state index in [2.05, 4.69) is 4.98 Å². The van der Waals surface area contributed by atoms with E-state index in [1.54, 1.807) is 12.1 Å². The number of benzene rings is 1. The monoisotopic (exact) mass is 244 g/mol. The highest BCUT2D eigenvalue weighted by molar-refractivity contribution is 5.83. The van der Waals surface area contributed by atoms with Crippen molar-refractivity contribution in [3.05, 3.63) is 34.1 Å². The van der Waals surface area contributed by atoms with Crippen molar-refractivity contribution in [2.45, 2.75) is 6.92 Å². The lowest BCUT2D eigenvalue weighted by Gasteiger charge is -2.10. The highest BCUT2D eigenvalue weighted by atomic mass is 16.5. The minimum Gasteiger partial charge on any atom is -0.493 e. The number of nitriles is 1. The number of aromatic amines is 1. The van der Waals surface area contributed by atoms with E-state index >= 15 is 0 Å². The standard InChI is InChI=1S/C13H12N2O3/c1-3-18-12-4-9-10(5-11(12)17-2)15-7-8(6-14)13(9)16/h4-5,7H,3H2,1-2H3,(H,15,16). The average Bonchev–Trinajstić information content (AvgIpc) is 2.39.